The molecule has 0 spiro atoms. The molecule has 2 aliphatic rings. The first-order chi connectivity index (χ1) is 19.4. The molecule has 1 aliphatic heterocycles. The van der Waals surface area contributed by atoms with E-state index in [0.717, 1.165) is 36.8 Å². The zero-order chi connectivity index (χ0) is 28.3. The summed E-state index contributed by atoms with van der Waals surface area (Å²) in [7, 11) is 0. The maximum Gasteiger partial charge on any atom is 0.306 e. The van der Waals surface area contributed by atoms with Gasteiger partial charge in [-0.25, -0.2) is 10.9 Å². The number of fused-ring (bicyclic) bond motifs is 1. The van der Waals surface area contributed by atoms with E-state index in [1.807, 2.05) is 41.3 Å². The van der Waals surface area contributed by atoms with Crippen LogP contribution in [0.4, 0.5) is 0 Å². The molecule has 1 saturated carbocycles. The van der Waals surface area contributed by atoms with Gasteiger partial charge in [0.25, 0.3) is 11.8 Å². The number of nitrogens with one attached hydrogen (secondary N) is 2. The second-order valence-corrected chi connectivity index (χ2v) is 9.92. The van der Waals surface area contributed by atoms with Gasteiger partial charge in [-0.15, -0.1) is 0 Å². The molecule has 0 aromatic heterocycles. The quantitative estimate of drug-likeness (QED) is 0.165. The van der Waals surface area contributed by atoms with Crippen molar-refractivity contribution in [2.24, 2.45) is 5.10 Å². The van der Waals surface area contributed by atoms with Gasteiger partial charge in [0.2, 0.25) is 5.91 Å². The van der Waals surface area contributed by atoms with Crippen molar-refractivity contribution in [3.05, 3.63) is 82.9 Å². The summed E-state index contributed by atoms with van der Waals surface area (Å²) >= 11 is 0. The van der Waals surface area contributed by atoms with Crippen molar-refractivity contribution >= 4 is 29.9 Å². The fourth-order valence-electron chi connectivity index (χ4n) is 5.04. The number of carbonyl (C=O) groups excluding carboxylic acids is 4. The number of amides is 3. The molecule has 0 unspecified atom stereocenters. The maximum absolute atomic E-state index is 13.4. The molecule has 0 radical (unpaired) electrons. The summed E-state index contributed by atoms with van der Waals surface area (Å²) < 4.78 is 5.84. The average Bonchev–Trinajstić information content (AvgIpc) is 2.97. The van der Waals surface area contributed by atoms with Crippen LogP contribution in [0.5, 0.6) is 0 Å². The van der Waals surface area contributed by atoms with E-state index in [1.165, 1.54) is 36.0 Å². The van der Waals surface area contributed by atoms with Gasteiger partial charge in [-0.05, 0) is 67.5 Å². The number of hydrazone groups is 1. The highest BCUT2D eigenvalue weighted by atomic mass is 16.5. The second-order valence-electron chi connectivity index (χ2n) is 9.92. The van der Waals surface area contributed by atoms with Gasteiger partial charge >= 0.3 is 5.97 Å². The molecule has 3 N–H and O–H groups in total. The molecule has 2 aromatic carbocycles. The number of nitrogens with zero attached hydrogens (tertiary/aromatic N) is 2. The number of rotatable bonds is 6. The first-order valence-corrected chi connectivity index (χ1v) is 13.6. The summed E-state index contributed by atoms with van der Waals surface area (Å²) in [5, 5.41) is 12.8. The van der Waals surface area contributed by atoms with E-state index in [9.17, 15) is 19.2 Å². The van der Waals surface area contributed by atoms with Gasteiger partial charge in [0.15, 0.2) is 0 Å². The highest BCUT2D eigenvalue weighted by Crippen LogP contribution is 2.29. The molecule has 2 aromatic rings. The molecule has 1 heterocycles. The highest BCUT2D eigenvalue weighted by Gasteiger charge is 2.35. The predicted octanol–water partition coefficient (Wildman–Crippen LogP) is 3.88. The first kappa shape index (κ1) is 28.7. The molecule has 210 valence electrons. The molecule has 4 rings (SSSR count). The van der Waals surface area contributed by atoms with Crippen LogP contribution in [-0.2, 0) is 20.9 Å². The molecule has 40 heavy (non-hydrogen) atoms. The minimum absolute atomic E-state index is 0.0293. The number of allylic oxidation sites excluding steroid dienone is 2. The minimum Gasteiger partial charge on any atom is -0.460 e. The van der Waals surface area contributed by atoms with Crippen molar-refractivity contribution in [3.8, 4) is 0 Å². The first-order valence-electron chi connectivity index (χ1n) is 13.6. The lowest BCUT2D eigenvalue weighted by atomic mass is 9.90. The molecular weight excluding hydrogens is 512 g/mol. The predicted molar refractivity (Wildman–Crippen MR) is 147 cm³/mol. The molecule has 0 saturated heterocycles. The van der Waals surface area contributed by atoms with E-state index in [1.54, 1.807) is 0 Å². The fourth-order valence-corrected chi connectivity index (χ4v) is 5.04. The number of hydroxylamine groups is 1. The van der Waals surface area contributed by atoms with Crippen LogP contribution in [0.25, 0.3) is 0 Å². The summed E-state index contributed by atoms with van der Waals surface area (Å²) in [5.41, 5.74) is 5.93. The van der Waals surface area contributed by atoms with Crippen LogP contribution >= 0.6 is 0 Å². The van der Waals surface area contributed by atoms with Crippen LogP contribution in [-0.4, -0.2) is 52.2 Å². The molecule has 2 atom stereocenters. The van der Waals surface area contributed by atoms with Crippen LogP contribution in [0.1, 0.15) is 83.2 Å². The fraction of sp³-hybridized carbons (Fsp3) is 0.367. The van der Waals surface area contributed by atoms with E-state index in [-0.39, 0.29) is 35.1 Å². The smallest absolute Gasteiger partial charge is 0.306 e. The number of hydrogen-bond acceptors (Lipinski definition) is 7. The standard InChI is InChI=1S/C30H34N4O6/c35-27-15-3-1-2-4-16-28(36)40-26-14-6-5-13-25(26)34(27)20-22-10-7-9-21(17-22)19-31-32-29(37)23-11-8-12-24(18-23)30(38)33-39/h1-2,7-12,17-19,25-26,39H,3-6,13-16,20H2,(H,32,37)(H,33,38)/b2-1+,31-19+/t25-,26-/m1/s1. The normalized spacial score (nSPS) is 21.0. The second kappa shape index (κ2) is 14.2. The number of carbonyl (C=O) groups is 4. The Balaban J connectivity index is 1.46. The minimum atomic E-state index is -0.722. The van der Waals surface area contributed by atoms with Gasteiger partial charge in [-0.2, -0.15) is 5.10 Å². The molecule has 10 heteroatoms. The molecule has 1 fully saturated rings. The number of hydrogen-bond donors (Lipinski definition) is 3. The third-order valence-corrected chi connectivity index (χ3v) is 7.05. The topological polar surface area (TPSA) is 137 Å². The van der Waals surface area contributed by atoms with Crippen LogP contribution < -0.4 is 10.9 Å². The number of benzene rings is 2. The van der Waals surface area contributed by atoms with Gasteiger partial charge in [-0.3, -0.25) is 24.4 Å². The van der Waals surface area contributed by atoms with Crippen LogP contribution in [0, 0.1) is 0 Å². The van der Waals surface area contributed by atoms with Crippen molar-refractivity contribution in [1.29, 1.82) is 0 Å². The third kappa shape index (κ3) is 7.86. The lowest BCUT2D eigenvalue weighted by Gasteiger charge is -2.39. The van der Waals surface area contributed by atoms with Crippen LogP contribution in [0.15, 0.2) is 65.8 Å². The Kier molecular flexibility index (Phi) is 10.2. The molecule has 1 aliphatic carbocycles. The average molecular weight is 547 g/mol. The van der Waals surface area contributed by atoms with Crippen molar-refractivity contribution in [2.75, 3.05) is 0 Å². The van der Waals surface area contributed by atoms with E-state index in [4.69, 9.17) is 9.94 Å². The van der Waals surface area contributed by atoms with Gasteiger partial charge in [-0.1, -0.05) is 42.8 Å². The van der Waals surface area contributed by atoms with Gasteiger partial charge in [0, 0.05) is 30.5 Å². The largest absolute Gasteiger partial charge is 0.460 e. The summed E-state index contributed by atoms with van der Waals surface area (Å²) in [5.74, 6) is -1.43. The Hall–Kier alpha value is -4.31. The lowest BCUT2D eigenvalue weighted by molar-refractivity contribution is -0.159. The Morgan fingerprint density at radius 3 is 2.50 bits per heavy atom. The Labute approximate surface area is 233 Å². The Bertz CT molecular complexity index is 1290. The molecule has 0 bridgehead atoms. The van der Waals surface area contributed by atoms with Gasteiger partial charge in [0.1, 0.15) is 6.10 Å². The van der Waals surface area contributed by atoms with Crippen molar-refractivity contribution in [3.63, 3.8) is 0 Å². The summed E-state index contributed by atoms with van der Waals surface area (Å²) in [6, 6.07) is 13.2. The zero-order valence-electron chi connectivity index (χ0n) is 22.3. The van der Waals surface area contributed by atoms with E-state index in [0.29, 0.717) is 32.2 Å². The van der Waals surface area contributed by atoms with E-state index < -0.39 is 11.8 Å². The lowest BCUT2D eigenvalue weighted by Crippen LogP contribution is -2.49. The SMILES string of the molecule is O=C1CC/C=C/CCC(=O)N(Cc2cccc(/C=N/NC(=O)c3cccc(C(=O)NO)c3)c2)[C@@H]2CCCC[C@H]2O1. The maximum atomic E-state index is 13.4. The monoisotopic (exact) mass is 546 g/mol. The molecular formula is C30H34N4O6. The summed E-state index contributed by atoms with van der Waals surface area (Å²) in [6.07, 6.45) is 10.5. The van der Waals surface area contributed by atoms with Crippen molar-refractivity contribution in [1.82, 2.24) is 15.8 Å². The van der Waals surface area contributed by atoms with Crippen molar-refractivity contribution in [2.45, 2.75) is 70.1 Å². The number of esters is 1. The molecule has 3 amide bonds. The third-order valence-electron chi connectivity index (χ3n) is 7.05. The van der Waals surface area contributed by atoms with E-state index in [2.05, 4.69) is 10.5 Å². The van der Waals surface area contributed by atoms with Crippen molar-refractivity contribution < 1.29 is 29.1 Å². The Morgan fingerprint density at radius 1 is 0.975 bits per heavy atom. The van der Waals surface area contributed by atoms with Crippen LogP contribution in [0.2, 0.25) is 0 Å². The summed E-state index contributed by atoms with van der Waals surface area (Å²) in [6.45, 7) is 0.370. The zero-order valence-corrected chi connectivity index (χ0v) is 22.3. The van der Waals surface area contributed by atoms with Gasteiger partial charge < -0.3 is 9.64 Å². The highest BCUT2D eigenvalue weighted by molar-refractivity contribution is 5.99. The molecule has 10 nitrogen and oxygen atoms in total. The number of ether oxygens (including phenoxy) is 1. The Morgan fingerprint density at radius 2 is 1.70 bits per heavy atom. The van der Waals surface area contributed by atoms with Crippen LogP contribution in [0.3, 0.4) is 0 Å². The van der Waals surface area contributed by atoms with Gasteiger partial charge in [0.05, 0.1) is 12.3 Å². The summed E-state index contributed by atoms with van der Waals surface area (Å²) in [4.78, 5) is 51.7. The van der Waals surface area contributed by atoms with E-state index >= 15 is 0 Å².